The lowest BCUT2D eigenvalue weighted by Gasteiger charge is -2.05. The van der Waals surface area contributed by atoms with Crippen molar-refractivity contribution in [1.29, 1.82) is 0 Å². The molecule has 0 unspecified atom stereocenters. The summed E-state index contributed by atoms with van der Waals surface area (Å²) in [6.45, 7) is 4.06. The third kappa shape index (κ3) is 2.22. The first kappa shape index (κ1) is 11.4. The topological polar surface area (TPSA) is 55.6 Å². The summed E-state index contributed by atoms with van der Waals surface area (Å²) in [6.07, 6.45) is 1.93. The minimum atomic E-state index is -0.300. The molecule has 2 aromatic rings. The monoisotopic (exact) mass is 233 g/mol. The molecule has 5 nitrogen and oxygen atoms in total. The lowest BCUT2D eigenvalue weighted by Crippen LogP contribution is -2.16. The van der Waals surface area contributed by atoms with E-state index in [0.29, 0.717) is 0 Å². The first-order valence-electron chi connectivity index (χ1n) is 5.38. The Morgan fingerprint density at radius 1 is 1.53 bits per heavy atom. The molecule has 0 bridgehead atoms. The van der Waals surface area contributed by atoms with E-state index in [4.69, 9.17) is 0 Å². The Labute approximate surface area is 99.4 Å². The highest BCUT2D eigenvalue weighted by Gasteiger charge is 2.09. The second kappa shape index (κ2) is 4.45. The van der Waals surface area contributed by atoms with Crippen molar-refractivity contribution in [3.63, 3.8) is 0 Å². The number of aromatic nitrogens is 2. The van der Waals surface area contributed by atoms with E-state index >= 15 is 0 Å². The van der Waals surface area contributed by atoms with Crippen molar-refractivity contribution in [3.05, 3.63) is 29.6 Å². The van der Waals surface area contributed by atoms with Gasteiger partial charge < -0.3 is 10.1 Å². The molecule has 0 fully saturated rings. The highest BCUT2D eigenvalue weighted by Crippen LogP contribution is 2.17. The molecule has 1 N–H and O–H groups in total. The van der Waals surface area contributed by atoms with E-state index in [9.17, 15) is 4.79 Å². The van der Waals surface area contributed by atoms with Gasteiger partial charge in [-0.1, -0.05) is 0 Å². The van der Waals surface area contributed by atoms with Gasteiger partial charge in [0.05, 0.1) is 12.8 Å². The molecule has 0 atom stereocenters. The van der Waals surface area contributed by atoms with Crippen LogP contribution in [0.15, 0.2) is 18.3 Å². The summed E-state index contributed by atoms with van der Waals surface area (Å²) in [4.78, 5) is 15.5. The van der Waals surface area contributed by atoms with Crippen LogP contribution in [0, 0.1) is 13.8 Å². The Morgan fingerprint density at radius 2 is 2.29 bits per heavy atom. The molecule has 0 aromatic carbocycles. The summed E-state index contributed by atoms with van der Waals surface area (Å²) < 4.78 is 6.51. The van der Waals surface area contributed by atoms with Gasteiger partial charge >= 0.3 is 5.97 Å². The lowest BCUT2D eigenvalue weighted by molar-refractivity contribution is -0.138. The molecule has 2 aromatic heterocycles. The third-order valence-corrected chi connectivity index (χ3v) is 2.58. The van der Waals surface area contributed by atoms with Gasteiger partial charge in [-0.05, 0) is 31.5 Å². The van der Waals surface area contributed by atoms with Crippen molar-refractivity contribution >= 4 is 17.4 Å². The molecule has 0 amide bonds. The Hall–Kier alpha value is -2.04. The van der Waals surface area contributed by atoms with E-state index in [1.54, 1.807) is 0 Å². The smallest absolute Gasteiger partial charge is 0.325 e. The summed E-state index contributed by atoms with van der Waals surface area (Å²) in [5.74, 6) is 0.525. The van der Waals surface area contributed by atoms with Crippen LogP contribution in [-0.2, 0) is 9.53 Å². The van der Waals surface area contributed by atoms with E-state index in [-0.39, 0.29) is 12.5 Å². The van der Waals surface area contributed by atoms with E-state index < -0.39 is 0 Å². The first-order chi connectivity index (χ1) is 8.11. The van der Waals surface area contributed by atoms with Gasteiger partial charge in [-0.3, -0.25) is 9.20 Å². The molecule has 0 saturated carbocycles. The number of fused-ring (bicyclic) bond motifs is 1. The highest BCUT2D eigenvalue weighted by molar-refractivity contribution is 5.75. The highest BCUT2D eigenvalue weighted by atomic mass is 16.5. The summed E-state index contributed by atoms with van der Waals surface area (Å²) in [6, 6.07) is 3.99. The van der Waals surface area contributed by atoms with Crippen LogP contribution in [0.4, 0.5) is 5.82 Å². The van der Waals surface area contributed by atoms with E-state index in [0.717, 1.165) is 22.7 Å². The number of ether oxygens (including phenoxy) is 1. The zero-order valence-corrected chi connectivity index (χ0v) is 10.2. The number of methoxy groups -OCH3 is 1. The number of imidazole rings is 1. The number of hydrogen-bond acceptors (Lipinski definition) is 4. The molecular formula is C12H15N3O2. The number of nitrogens with one attached hydrogen (secondary N) is 1. The maximum atomic E-state index is 11.1. The molecule has 0 aliphatic heterocycles. The Kier molecular flexibility index (Phi) is 2.99. The van der Waals surface area contributed by atoms with Crippen molar-refractivity contribution in [1.82, 2.24) is 9.38 Å². The van der Waals surface area contributed by atoms with Gasteiger partial charge in [-0.2, -0.15) is 0 Å². The summed E-state index contributed by atoms with van der Waals surface area (Å²) >= 11 is 0. The zero-order chi connectivity index (χ0) is 12.4. The fraction of sp³-hybridized carbons (Fsp3) is 0.333. The minimum Gasteiger partial charge on any atom is -0.468 e. The zero-order valence-electron chi connectivity index (χ0n) is 10.2. The number of rotatable bonds is 3. The predicted molar refractivity (Wildman–Crippen MR) is 65.2 cm³/mol. The number of anilines is 1. The van der Waals surface area contributed by atoms with Gasteiger partial charge in [-0.15, -0.1) is 0 Å². The molecule has 2 heterocycles. The average Bonchev–Trinajstić information content (AvgIpc) is 2.61. The second-order valence-electron chi connectivity index (χ2n) is 3.91. The minimum absolute atomic E-state index is 0.138. The maximum absolute atomic E-state index is 11.1. The fourth-order valence-electron chi connectivity index (χ4n) is 1.71. The number of aryl methyl sites for hydroxylation is 2. The van der Waals surface area contributed by atoms with Crippen LogP contribution in [-0.4, -0.2) is 29.0 Å². The van der Waals surface area contributed by atoms with Crippen molar-refractivity contribution in [2.24, 2.45) is 0 Å². The molecule has 0 aliphatic rings. The standard InChI is InChI=1S/C12H15N3O2/c1-8-4-5-15-10(6-8)14-9(2)12(15)13-7-11(16)17-3/h4-6,13H,7H2,1-3H3. The number of carbonyl (C=O) groups is 1. The molecule has 0 spiro atoms. The first-order valence-corrected chi connectivity index (χ1v) is 5.38. The van der Waals surface area contributed by atoms with Gasteiger partial charge in [0, 0.05) is 6.20 Å². The third-order valence-electron chi connectivity index (χ3n) is 2.58. The van der Waals surface area contributed by atoms with Crippen LogP contribution < -0.4 is 5.32 Å². The van der Waals surface area contributed by atoms with Crippen LogP contribution in [0.5, 0.6) is 0 Å². The molecule has 17 heavy (non-hydrogen) atoms. The molecule has 0 aliphatic carbocycles. The SMILES string of the molecule is COC(=O)CNc1c(C)nc2cc(C)ccn12. The summed E-state index contributed by atoms with van der Waals surface area (Å²) in [7, 11) is 1.37. The van der Waals surface area contributed by atoms with Crippen LogP contribution in [0.3, 0.4) is 0 Å². The van der Waals surface area contributed by atoms with Crippen LogP contribution >= 0.6 is 0 Å². The molecule has 0 saturated heterocycles. The molecule has 0 radical (unpaired) electrons. The number of esters is 1. The largest absolute Gasteiger partial charge is 0.468 e. The van der Waals surface area contributed by atoms with Gasteiger partial charge in [-0.25, -0.2) is 4.98 Å². The quantitative estimate of drug-likeness (QED) is 0.817. The number of pyridine rings is 1. The van der Waals surface area contributed by atoms with Gasteiger partial charge in [0.15, 0.2) is 0 Å². The molecule has 90 valence electrons. The summed E-state index contributed by atoms with van der Waals surface area (Å²) in [5, 5.41) is 3.03. The average molecular weight is 233 g/mol. The van der Waals surface area contributed by atoms with Crippen LogP contribution in [0.25, 0.3) is 5.65 Å². The molecule has 5 heteroatoms. The Bertz CT molecular complexity index is 560. The predicted octanol–water partition coefficient (Wildman–Crippen LogP) is 1.54. The van der Waals surface area contributed by atoms with Gasteiger partial charge in [0.2, 0.25) is 0 Å². The fourth-order valence-corrected chi connectivity index (χ4v) is 1.71. The van der Waals surface area contributed by atoms with Crippen molar-refractivity contribution in [3.8, 4) is 0 Å². The van der Waals surface area contributed by atoms with Crippen LogP contribution in [0.2, 0.25) is 0 Å². The van der Waals surface area contributed by atoms with E-state index in [2.05, 4.69) is 15.0 Å². The molecular weight excluding hydrogens is 218 g/mol. The maximum Gasteiger partial charge on any atom is 0.325 e. The molecule has 2 rings (SSSR count). The van der Waals surface area contributed by atoms with Gasteiger partial charge in [0.25, 0.3) is 0 Å². The van der Waals surface area contributed by atoms with Crippen molar-refractivity contribution in [2.45, 2.75) is 13.8 Å². The lowest BCUT2D eigenvalue weighted by atomic mass is 10.3. The van der Waals surface area contributed by atoms with E-state index in [1.165, 1.54) is 7.11 Å². The van der Waals surface area contributed by atoms with Crippen molar-refractivity contribution in [2.75, 3.05) is 19.0 Å². The van der Waals surface area contributed by atoms with E-state index in [1.807, 2.05) is 36.6 Å². The Balaban J connectivity index is 2.33. The second-order valence-corrected chi connectivity index (χ2v) is 3.91. The number of nitrogens with zero attached hydrogens (tertiary/aromatic N) is 2. The normalized spacial score (nSPS) is 10.5. The van der Waals surface area contributed by atoms with Crippen molar-refractivity contribution < 1.29 is 9.53 Å². The summed E-state index contributed by atoms with van der Waals surface area (Å²) in [5.41, 5.74) is 2.89. The number of carbonyl (C=O) groups excluding carboxylic acids is 1. The van der Waals surface area contributed by atoms with Gasteiger partial charge in [0.1, 0.15) is 18.0 Å². The number of hydrogen-bond donors (Lipinski definition) is 1. The Morgan fingerprint density at radius 3 is 3.00 bits per heavy atom. The van der Waals surface area contributed by atoms with Crippen LogP contribution in [0.1, 0.15) is 11.3 Å².